The first kappa shape index (κ1) is 21.1. The molecule has 4 rings (SSSR count). The predicted molar refractivity (Wildman–Crippen MR) is 120 cm³/mol. The number of halogens is 1. The van der Waals surface area contributed by atoms with E-state index >= 15 is 0 Å². The van der Waals surface area contributed by atoms with E-state index in [0.717, 1.165) is 5.56 Å². The lowest BCUT2D eigenvalue weighted by molar-refractivity contribution is -0.139. The van der Waals surface area contributed by atoms with E-state index in [1.165, 1.54) is 6.07 Å². The van der Waals surface area contributed by atoms with Crippen LogP contribution in [0.5, 0.6) is 0 Å². The van der Waals surface area contributed by atoms with Crippen LogP contribution in [0.4, 0.5) is 10.1 Å². The minimum atomic E-state index is -0.222. The zero-order valence-electron chi connectivity index (χ0n) is 17.6. The van der Waals surface area contributed by atoms with Gasteiger partial charge in [0, 0.05) is 51.3 Å². The van der Waals surface area contributed by atoms with Crippen molar-refractivity contribution in [2.24, 2.45) is 5.92 Å². The highest BCUT2D eigenvalue weighted by atomic mass is 19.1. The lowest BCUT2D eigenvalue weighted by Gasteiger charge is -2.39. The number of hydrogen-bond acceptors (Lipinski definition) is 3. The van der Waals surface area contributed by atoms with Crippen LogP contribution < -0.4 is 4.90 Å². The molecule has 2 amide bonds. The van der Waals surface area contributed by atoms with E-state index in [1.807, 2.05) is 57.2 Å². The number of amides is 2. The number of hydrogen-bond donors (Lipinski definition) is 0. The maximum atomic E-state index is 14.0. The number of carbonyl (C=O) groups excluding carboxylic acids is 2. The number of nitrogens with zero attached hydrogens (tertiary/aromatic N) is 3. The molecule has 162 valence electrons. The van der Waals surface area contributed by atoms with Crippen molar-refractivity contribution in [1.29, 1.82) is 0 Å². The number of benzene rings is 2. The van der Waals surface area contributed by atoms with E-state index in [-0.39, 0.29) is 23.5 Å². The molecule has 0 aliphatic carbocycles. The van der Waals surface area contributed by atoms with Crippen LogP contribution in [-0.2, 0) is 9.59 Å². The zero-order valence-corrected chi connectivity index (χ0v) is 17.6. The van der Waals surface area contributed by atoms with Gasteiger partial charge in [-0.05, 0) is 36.6 Å². The minimum Gasteiger partial charge on any atom is -0.366 e. The maximum Gasteiger partial charge on any atom is 0.246 e. The van der Waals surface area contributed by atoms with E-state index in [2.05, 4.69) is 0 Å². The van der Waals surface area contributed by atoms with E-state index in [4.69, 9.17) is 0 Å². The Bertz CT molecular complexity index is 931. The lowest BCUT2D eigenvalue weighted by Crippen LogP contribution is -2.52. The Kier molecular flexibility index (Phi) is 6.65. The Labute approximate surface area is 182 Å². The number of piperazine rings is 1. The van der Waals surface area contributed by atoms with Crippen molar-refractivity contribution < 1.29 is 14.0 Å². The second kappa shape index (κ2) is 9.77. The Hall–Kier alpha value is -3.15. The topological polar surface area (TPSA) is 43.9 Å². The first-order chi connectivity index (χ1) is 15.1. The fourth-order valence-corrected chi connectivity index (χ4v) is 4.32. The third-order valence-corrected chi connectivity index (χ3v) is 6.16. The molecule has 31 heavy (non-hydrogen) atoms. The zero-order chi connectivity index (χ0) is 21.6. The Morgan fingerprint density at radius 1 is 0.806 bits per heavy atom. The largest absolute Gasteiger partial charge is 0.366 e. The SMILES string of the molecule is O=C(/C=C/c1ccccc1)N1CCC(C(=O)N2CCN(c3ccccc3F)CC2)CC1. The van der Waals surface area contributed by atoms with Gasteiger partial charge in [0.15, 0.2) is 0 Å². The molecule has 2 heterocycles. The number of likely N-dealkylation sites (tertiary alicyclic amines) is 1. The summed E-state index contributed by atoms with van der Waals surface area (Å²) >= 11 is 0. The van der Waals surface area contributed by atoms with Gasteiger partial charge in [-0.1, -0.05) is 42.5 Å². The Morgan fingerprint density at radius 3 is 2.13 bits per heavy atom. The van der Waals surface area contributed by atoms with E-state index in [0.29, 0.717) is 57.8 Å². The van der Waals surface area contributed by atoms with Crippen molar-refractivity contribution in [3.05, 3.63) is 72.1 Å². The number of piperidine rings is 1. The van der Waals surface area contributed by atoms with Crippen molar-refractivity contribution in [1.82, 2.24) is 9.80 Å². The van der Waals surface area contributed by atoms with Crippen molar-refractivity contribution in [3.8, 4) is 0 Å². The number of rotatable bonds is 4. The molecule has 5 nitrogen and oxygen atoms in total. The molecule has 2 fully saturated rings. The van der Waals surface area contributed by atoms with Gasteiger partial charge in [-0.2, -0.15) is 0 Å². The minimum absolute atomic E-state index is 0.00625. The Balaban J connectivity index is 1.25. The summed E-state index contributed by atoms with van der Waals surface area (Å²) in [5.74, 6) is -0.101. The molecule has 6 heteroatoms. The molecule has 0 N–H and O–H groups in total. The van der Waals surface area contributed by atoms with Crippen LogP contribution in [0.3, 0.4) is 0 Å². The van der Waals surface area contributed by atoms with Crippen molar-refractivity contribution in [3.63, 3.8) is 0 Å². The molecule has 0 atom stereocenters. The van der Waals surface area contributed by atoms with E-state index in [1.54, 1.807) is 18.2 Å². The third-order valence-electron chi connectivity index (χ3n) is 6.16. The number of carbonyl (C=O) groups is 2. The van der Waals surface area contributed by atoms with Gasteiger partial charge in [-0.25, -0.2) is 4.39 Å². The smallest absolute Gasteiger partial charge is 0.246 e. The summed E-state index contributed by atoms with van der Waals surface area (Å²) in [6.45, 7) is 3.67. The third kappa shape index (κ3) is 5.13. The molecular weight excluding hydrogens is 393 g/mol. The number of para-hydroxylation sites is 1. The molecule has 2 aromatic rings. The van der Waals surface area contributed by atoms with Crippen LogP contribution in [0.15, 0.2) is 60.7 Å². The maximum absolute atomic E-state index is 14.0. The molecular formula is C25H28FN3O2. The van der Waals surface area contributed by atoms with Crippen LogP contribution >= 0.6 is 0 Å². The summed E-state index contributed by atoms with van der Waals surface area (Å²) in [6, 6.07) is 16.5. The highest BCUT2D eigenvalue weighted by molar-refractivity contribution is 5.92. The summed E-state index contributed by atoms with van der Waals surface area (Å²) in [7, 11) is 0. The highest BCUT2D eigenvalue weighted by Gasteiger charge is 2.31. The van der Waals surface area contributed by atoms with Crippen LogP contribution in [0.1, 0.15) is 18.4 Å². The summed E-state index contributed by atoms with van der Waals surface area (Å²) in [6.07, 6.45) is 4.82. The monoisotopic (exact) mass is 421 g/mol. The average molecular weight is 422 g/mol. The average Bonchev–Trinajstić information content (AvgIpc) is 2.83. The highest BCUT2D eigenvalue weighted by Crippen LogP contribution is 2.23. The second-order valence-corrected chi connectivity index (χ2v) is 8.11. The molecule has 0 spiro atoms. The molecule has 2 aliphatic heterocycles. The standard InChI is InChI=1S/C25H28FN3O2/c26-22-8-4-5-9-23(22)27-16-18-29(19-17-27)25(31)21-12-14-28(15-13-21)24(30)11-10-20-6-2-1-3-7-20/h1-11,21H,12-19H2/b11-10+. The summed E-state index contributed by atoms with van der Waals surface area (Å²) in [4.78, 5) is 31.1. The van der Waals surface area contributed by atoms with E-state index < -0.39 is 0 Å². The van der Waals surface area contributed by atoms with E-state index in [9.17, 15) is 14.0 Å². The van der Waals surface area contributed by atoms with Crippen molar-refractivity contribution in [2.75, 3.05) is 44.2 Å². The molecule has 0 bridgehead atoms. The van der Waals surface area contributed by atoms with Gasteiger partial charge in [0.05, 0.1) is 5.69 Å². The van der Waals surface area contributed by atoms with Crippen LogP contribution in [0.2, 0.25) is 0 Å². The van der Waals surface area contributed by atoms with Gasteiger partial charge in [0.2, 0.25) is 11.8 Å². The molecule has 2 aromatic carbocycles. The van der Waals surface area contributed by atoms with Gasteiger partial charge in [0.25, 0.3) is 0 Å². The lowest BCUT2D eigenvalue weighted by atomic mass is 9.95. The summed E-state index contributed by atoms with van der Waals surface area (Å²) < 4.78 is 14.0. The summed E-state index contributed by atoms with van der Waals surface area (Å²) in [5.41, 5.74) is 1.60. The fraction of sp³-hybridized carbons (Fsp3) is 0.360. The molecule has 0 unspecified atom stereocenters. The summed E-state index contributed by atoms with van der Waals surface area (Å²) in [5, 5.41) is 0. The first-order valence-electron chi connectivity index (χ1n) is 10.9. The van der Waals surface area contributed by atoms with Gasteiger partial charge in [-0.15, -0.1) is 0 Å². The fourth-order valence-electron chi connectivity index (χ4n) is 4.32. The molecule has 2 saturated heterocycles. The van der Waals surface area contributed by atoms with Gasteiger partial charge >= 0.3 is 0 Å². The van der Waals surface area contributed by atoms with Gasteiger partial charge < -0.3 is 14.7 Å². The van der Waals surface area contributed by atoms with Crippen LogP contribution in [-0.4, -0.2) is 60.9 Å². The quantitative estimate of drug-likeness (QED) is 0.711. The first-order valence-corrected chi connectivity index (χ1v) is 10.9. The molecule has 2 aliphatic rings. The normalized spacial score (nSPS) is 17.9. The van der Waals surface area contributed by atoms with Crippen LogP contribution in [0, 0.1) is 11.7 Å². The number of anilines is 1. The molecule has 0 saturated carbocycles. The van der Waals surface area contributed by atoms with Crippen molar-refractivity contribution >= 4 is 23.6 Å². The van der Waals surface area contributed by atoms with Crippen LogP contribution in [0.25, 0.3) is 6.08 Å². The van der Waals surface area contributed by atoms with Crippen molar-refractivity contribution in [2.45, 2.75) is 12.8 Å². The molecule has 0 aromatic heterocycles. The molecule has 0 radical (unpaired) electrons. The second-order valence-electron chi connectivity index (χ2n) is 8.11. The Morgan fingerprint density at radius 2 is 1.45 bits per heavy atom. The van der Waals surface area contributed by atoms with Gasteiger partial charge in [0.1, 0.15) is 5.82 Å². The predicted octanol–water partition coefficient (Wildman–Crippen LogP) is 3.43. The van der Waals surface area contributed by atoms with Gasteiger partial charge in [-0.3, -0.25) is 9.59 Å².